The quantitative estimate of drug-likeness (QED) is 0.628. The van der Waals surface area contributed by atoms with Crippen LogP contribution in [-0.4, -0.2) is 42.3 Å². The van der Waals surface area contributed by atoms with Gasteiger partial charge in [0, 0.05) is 5.56 Å². The fourth-order valence-electron chi connectivity index (χ4n) is 3.73. The molecular formula is C14H17N4O3S+. The van der Waals surface area contributed by atoms with Crippen LogP contribution in [0.25, 0.3) is 11.3 Å². The van der Waals surface area contributed by atoms with Crippen molar-refractivity contribution < 1.29 is 17.8 Å². The number of aromatic nitrogens is 2. The Balaban J connectivity index is 1.78. The lowest BCUT2D eigenvalue weighted by molar-refractivity contribution is -0.755. The van der Waals surface area contributed by atoms with Crippen LogP contribution < -0.4 is 9.44 Å². The van der Waals surface area contributed by atoms with Gasteiger partial charge in [-0.1, -0.05) is 24.3 Å². The molecule has 0 saturated carbocycles. The van der Waals surface area contributed by atoms with E-state index in [1.54, 1.807) is 12.5 Å². The predicted octanol–water partition coefficient (Wildman–Crippen LogP) is -1.47. The topological polar surface area (TPSA) is 103 Å². The van der Waals surface area contributed by atoms with Crippen LogP contribution in [0.15, 0.2) is 36.8 Å². The first-order chi connectivity index (χ1) is 10.5. The number of nitrogens with zero attached hydrogens (tertiary/aromatic N) is 2. The molecular weight excluding hydrogens is 304 g/mol. The van der Waals surface area contributed by atoms with Gasteiger partial charge in [0.25, 0.3) is 0 Å². The maximum atomic E-state index is 11.6. The molecule has 2 aromatic rings. The molecule has 1 aromatic heterocycles. The zero-order valence-corrected chi connectivity index (χ0v) is 12.6. The van der Waals surface area contributed by atoms with Crippen LogP contribution in [0.4, 0.5) is 0 Å². The number of quaternary nitrogens is 1. The number of rotatable bonds is 2. The Labute approximate surface area is 128 Å². The number of hydrogen-bond donors (Lipinski definition) is 3. The monoisotopic (exact) mass is 321 g/mol. The summed E-state index contributed by atoms with van der Waals surface area (Å²) in [5.74, 6) is -0.218. The summed E-state index contributed by atoms with van der Waals surface area (Å²) in [6, 6.07) is 7.86. The standard InChI is InChI=1S/C14H16N4O3S/c15-22(20,21)17-6-11(13(19)7-17)14-10-4-2-1-3-9(10)12-5-16-8-18(12)14/h1-5,8,11,13-14,19H,6-7H2,(H2,15,20,21)/p+1. The van der Waals surface area contributed by atoms with Crippen molar-refractivity contribution in [2.75, 3.05) is 13.1 Å². The number of hydrogen-bond acceptors (Lipinski definition) is 4. The minimum Gasteiger partial charge on any atom is -0.387 e. The van der Waals surface area contributed by atoms with Crippen molar-refractivity contribution in [3.63, 3.8) is 0 Å². The number of nitrogens with two attached hydrogens (primary N) is 1. The Morgan fingerprint density at radius 1 is 1.32 bits per heavy atom. The van der Waals surface area contributed by atoms with Crippen LogP contribution in [-0.2, 0) is 10.2 Å². The molecule has 4 rings (SSSR count). The third-order valence-electron chi connectivity index (χ3n) is 4.72. The van der Waals surface area contributed by atoms with Crippen LogP contribution in [0.2, 0.25) is 0 Å². The fourth-order valence-corrected chi connectivity index (χ4v) is 4.56. The normalized spacial score (nSPS) is 30.3. The van der Waals surface area contributed by atoms with Crippen molar-refractivity contribution in [1.82, 2.24) is 9.55 Å². The van der Waals surface area contributed by atoms with E-state index < -0.39 is 16.3 Å². The average molecular weight is 321 g/mol. The molecule has 4 unspecified atom stereocenters. The number of aliphatic hydroxyl groups excluding tert-OH is 1. The second-order valence-corrected chi connectivity index (χ2v) is 7.61. The molecule has 4 N–H and O–H groups in total. The van der Waals surface area contributed by atoms with Crippen LogP contribution in [0.3, 0.4) is 0 Å². The van der Waals surface area contributed by atoms with Gasteiger partial charge in [0.05, 0.1) is 30.2 Å². The first-order valence-electron chi connectivity index (χ1n) is 7.13. The highest BCUT2D eigenvalue weighted by Crippen LogP contribution is 2.43. The molecule has 1 fully saturated rings. The van der Waals surface area contributed by atoms with Gasteiger partial charge in [0.1, 0.15) is 19.2 Å². The summed E-state index contributed by atoms with van der Waals surface area (Å²) in [6.07, 6.45) is 2.81. The summed E-state index contributed by atoms with van der Waals surface area (Å²) in [7, 11) is -3.71. The molecule has 22 heavy (non-hydrogen) atoms. The molecule has 0 aliphatic carbocycles. The van der Waals surface area contributed by atoms with Gasteiger partial charge in [0.15, 0.2) is 0 Å². The summed E-state index contributed by atoms with van der Waals surface area (Å²) in [6.45, 7) is 0.406. The zero-order chi connectivity index (χ0) is 15.5. The van der Waals surface area contributed by atoms with E-state index >= 15 is 0 Å². The molecule has 1 aromatic carbocycles. The van der Waals surface area contributed by atoms with E-state index in [0.29, 0.717) is 0 Å². The molecule has 2 aliphatic rings. The Morgan fingerprint density at radius 2 is 2.09 bits per heavy atom. The van der Waals surface area contributed by atoms with Gasteiger partial charge in [-0.15, -0.1) is 0 Å². The summed E-state index contributed by atoms with van der Waals surface area (Å²) < 4.78 is 25.4. The third-order valence-corrected chi connectivity index (χ3v) is 5.86. The van der Waals surface area contributed by atoms with Gasteiger partial charge in [0.2, 0.25) is 0 Å². The first-order valence-corrected chi connectivity index (χ1v) is 8.68. The molecule has 0 radical (unpaired) electrons. The second-order valence-electron chi connectivity index (χ2n) is 5.94. The highest BCUT2D eigenvalue weighted by atomic mass is 32.2. The number of imidazole rings is 1. The summed E-state index contributed by atoms with van der Waals surface area (Å²) in [4.78, 5) is 4.19. The molecule has 0 spiro atoms. The third kappa shape index (κ3) is 1.92. The highest BCUT2D eigenvalue weighted by molar-refractivity contribution is 7.82. The van der Waals surface area contributed by atoms with E-state index in [2.05, 4.69) is 4.98 Å². The Bertz CT molecular complexity index is 832. The SMILES string of the molecule is NS(=O)(=O)[NH+]1CC(O)C(C2c3ccccc3-c3cncn32)C1. The van der Waals surface area contributed by atoms with Crippen LogP contribution >= 0.6 is 0 Å². The molecule has 4 atom stereocenters. The van der Waals surface area contributed by atoms with E-state index in [4.69, 9.17) is 5.14 Å². The number of nitrogens with one attached hydrogen (secondary N) is 1. The first kappa shape index (κ1) is 13.9. The average Bonchev–Trinajstić information content (AvgIpc) is 3.12. The largest absolute Gasteiger partial charge is 0.387 e. The molecule has 0 bridgehead atoms. The minimum atomic E-state index is -3.71. The fraction of sp³-hybridized carbons (Fsp3) is 0.357. The molecule has 0 amide bonds. The Kier molecular flexibility index (Phi) is 2.92. The van der Waals surface area contributed by atoms with E-state index in [0.717, 1.165) is 16.8 Å². The van der Waals surface area contributed by atoms with Crippen molar-refractivity contribution in [3.05, 3.63) is 42.4 Å². The van der Waals surface area contributed by atoms with Crippen molar-refractivity contribution in [3.8, 4) is 11.3 Å². The number of fused-ring (bicyclic) bond motifs is 3. The Hall–Kier alpha value is -1.74. The van der Waals surface area contributed by atoms with Crippen LogP contribution in [0.1, 0.15) is 11.6 Å². The van der Waals surface area contributed by atoms with E-state index in [9.17, 15) is 13.5 Å². The number of aliphatic hydroxyl groups is 1. The van der Waals surface area contributed by atoms with Crippen molar-refractivity contribution in [2.45, 2.75) is 12.1 Å². The van der Waals surface area contributed by atoms with Gasteiger partial charge in [-0.05, 0) is 5.56 Å². The van der Waals surface area contributed by atoms with Gasteiger partial charge in [-0.25, -0.2) is 9.29 Å². The molecule has 7 nitrogen and oxygen atoms in total. The van der Waals surface area contributed by atoms with Crippen LogP contribution in [0, 0.1) is 5.92 Å². The van der Waals surface area contributed by atoms with Gasteiger partial charge >= 0.3 is 10.2 Å². The molecule has 2 aliphatic heterocycles. The van der Waals surface area contributed by atoms with Crippen LogP contribution in [0.5, 0.6) is 0 Å². The molecule has 3 heterocycles. The minimum absolute atomic E-state index is 0.108. The highest BCUT2D eigenvalue weighted by Gasteiger charge is 2.47. The van der Waals surface area contributed by atoms with Gasteiger partial charge < -0.3 is 9.67 Å². The lowest BCUT2D eigenvalue weighted by Gasteiger charge is -2.22. The maximum absolute atomic E-state index is 11.6. The second kappa shape index (κ2) is 4.63. The molecule has 116 valence electrons. The predicted molar refractivity (Wildman–Crippen MR) is 79.1 cm³/mol. The lowest BCUT2D eigenvalue weighted by atomic mass is 9.90. The lowest BCUT2D eigenvalue weighted by Crippen LogP contribution is -3.14. The van der Waals surface area contributed by atoms with Crippen molar-refractivity contribution >= 4 is 10.2 Å². The summed E-state index contributed by atoms with van der Waals surface area (Å²) >= 11 is 0. The van der Waals surface area contributed by atoms with Gasteiger partial charge in [-0.3, -0.25) is 0 Å². The number of benzene rings is 1. The molecule has 1 saturated heterocycles. The van der Waals surface area contributed by atoms with Crippen molar-refractivity contribution in [2.24, 2.45) is 11.1 Å². The van der Waals surface area contributed by atoms with Gasteiger partial charge in [-0.2, -0.15) is 13.6 Å². The van der Waals surface area contributed by atoms with E-state index in [1.165, 1.54) is 0 Å². The maximum Gasteiger partial charge on any atom is 0.366 e. The Morgan fingerprint density at radius 3 is 2.82 bits per heavy atom. The van der Waals surface area contributed by atoms with E-state index in [-0.39, 0.29) is 29.4 Å². The smallest absolute Gasteiger partial charge is 0.366 e. The summed E-state index contributed by atoms with van der Waals surface area (Å²) in [5.41, 5.74) is 3.18. The summed E-state index contributed by atoms with van der Waals surface area (Å²) in [5, 5.41) is 15.6. The molecule has 8 heteroatoms. The van der Waals surface area contributed by atoms with E-state index in [1.807, 2.05) is 28.8 Å². The zero-order valence-electron chi connectivity index (χ0n) is 11.8. The van der Waals surface area contributed by atoms with Crippen molar-refractivity contribution in [1.29, 1.82) is 0 Å².